The summed E-state index contributed by atoms with van der Waals surface area (Å²) >= 11 is 1.56. The van der Waals surface area contributed by atoms with Crippen molar-refractivity contribution >= 4 is 29.9 Å². The average Bonchev–Trinajstić information content (AvgIpc) is 3.01. The highest BCUT2D eigenvalue weighted by molar-refractivity contribution is 7.97. The van der Waals surface area contributed by atoms with Gasteiger partial charge in [0.15, 0.2) is 11.6 Å². The Morgan fingerprint density at radius 2 is 2.20 bits per heavy atom. The Labute approximate surface area is 156 Å². The maximum Gasteiger partial charge on any atom is 0.311 e. The van der Waals surface area contributed by atoms with Gasteiger partial charge < -0.3 is 14.6 Å². The first-order chi connectivity index (χ1) is 11.5. The second-order valence-corrected chi connectivity index (χ2v) is 6.24. The molecule has 0 saturated heterocycles. The Morgan fingerprint density at radius 3 is 2.84 bits per heavy atom. The summed E-state index contributed by atoms with van der Waals surface area (Å²) in [7, 11) is 3.30. The molecule has 0 aliphatic heterocycles. The van der Waals surface area contributed by atoms with E-state index in [1.165, 1.54) is 13.2 Å². The Kier molecular flexibility index (Phi) is 8.67. The van der Waals surface area contributed by atoms with Crippen molar-refractivity contribution in [3.05, 3.63) is 45.6 Å². The minimum Gasteiger partial charge on any atom is -0.490 e. The molecule has 1 aromatic carbocycles. The monoisotopic (exact) mass is 388 g/mol. The van der Waals surface area contributed by atoms with Crippen molar-refractivity contribution in [2.75, 3.05) is 14.2 Å². The number of ether oxygens (including phenoxy) is 1. The van der Waals surface area contributed by atoms with E-state index in [2.05, 4.69) is 15.5 Å². The van der Waals surface area contributed by atoms with E-state index < -0.39 is 4.92 Å². The van der Waals surface area contributed by atoms with Crippen LogP contribution in [0.5, 0.6) is 5.75 Å². The van der Waals surface area contributed by atoms with Gasteiger partial charge in [0.05, 0.1) is 17.8 Å². The van der Waals surface area contributed by atoms with Crippen molar-refractivity contribution < 1.29 is 14.2 Å². The quantitative estimate of drug-likeness (QED) is 0.516. The molecule has 2 rings (SSSR count). The summed E-state index contributed by atoms with van der Waals surface area (Å²) in [5.41, 5.74) is 0.813. The zero-order valence-electron chi connectivity index (χ0n) is 14.2. The number of hydrogen-bond donors (Lipinski definition) is 1. The van der Waals surface area contributed by atoms with Crippen molar-refractivity contribution in [1.29, 1.82) is 0 Å². The van der Waals surface area contributed by atoms with Gasteiger partial charge in [-0.05, 0) is 25.6 Å². The van der Waals surface area contributed by atoms with E-state index in [-0.39, 0.29) is 29.9 Å². The predicted molar refractivity (Wildman–Crippen MR) is 98.4 cm³/mol. The van der Waals surface area contributed by atoms with E-state index >= 15 is 0 Å². The molecule has 0 amide bonds. The van der Waals surface area contributed by atoms with E-state index in [9.17, 15) is 10.1 Å². The third-order valence-corrected chi connectivity index (χ3v) is 4.41. The van der Waals surface area contributed by atoms with Gasteiger partial charge in [0, 0.05) is 24.3 Å². The highest BCUT2D eigenvalue weighted by atomic mass is 35.5. The molecular formula is C15H21ClN4O4S. The second kappa shape index (κ2) is 10.2. The van der Waals surface area contributed by atoms with Crippen LogP contribution in [0.25, 0.3) is 0 Å². The summed E-state index contributed by atoms with van der Waals surface area (Å²) in [4.78, 5) is 14.9. The van der Waals surface area contributed by atoms with Crippen molar-refractivity contribution in [1.82, 2.24) is 15.5 Å². The van der Waals surface area contributed by atoms with Gasteiger partial charge in [0.1, 0.15) is 0 Å². The van der Waals surface area contributed by atoms with Crippen LogP contribution < -0.4 is 10.1 Å². The third kappa shape index (κ3) is 6.18. The van der Waals surface area contributed by atoms with Crippen molar-refractivity contribution in [3.8, 4) is 5.75 Å². The summed E-state index contributed by atoms with van der Waals surface area (Å²) in [6.45, 7) is 2.04. The molecule has 0 radical (unpaired) electrons. The van der Waals surface area contributed by atoms with E-state index in [1.54, 1.807) is 17.8 Å². The summed E-state index contributed by atoms with van der Waals surface area (Å²) in [5, 5.41) is 18.1. The SMILES string of the molecule is CNC(C)Cc1noc(CSCc2ccc(OC)c([N+](=O)[O-])c2)n1.Cl. The van der Waals surface area contributed by atoms with Gasteiger partial charge in [-0.2, -0.15) is 4.98 Å². The van der Waals surface area contributed by atoms with Crippen LogP contribution >= 0.6 is 24.2 Å². The van der Waals surface area contributed by atoms with Gasteiger partial charge in [0.25, 0.3) is 0 Å². The van der Waals surface area contributed by atoms with Crippen LogP contribution in [0.2, 0.25) is 0 Å². The molecular weight excluding hydrogens is 368 g/mol. The second-order valence-electron chi connectivity index (χ2n) is 5.25. The maximum atomic E-state index is 11.0. The van der Waals surface area contributed by atoms with Gasteiger partial charge in [-0.3, -0.25) is 10.1 Å². The number of likely N-dealkylation sites (N-methyl/N-ethyl adjacent to an activating group) is 1. The number of methoxy groups -OCH3 is 1. The first-order valence-electron chi connectivity index (χ1n) is 7.41. The average molecular weight is 389 g/mol. The van der Waals surface area contributed by atoms with Crippen molar-refractivity contribution in [3.63, 3.8) is 0 Å². The Bertz CT molecular complexity index is 698. The fourth-order valence-electron chi connectivity index (χ4n) is 2.03. The minimum atomic E-state index is -0.444. The molecule has 1 unspecified atom stereocenters. The fraction of sp³-hybridized carbons (Fsp3) is 0.467. The Balaban J connectivity index is 0.00000312. The van der Waals surface area contributed by atoms with Gasteiger partial charge in [-0.1, -0.05) is 11.2 Å². The Hall–Kier alpha value is -1.84. The van der Waals surface area contributed by atoms with Crippen LogP contribution in [0.4, 0.5) is 5.69 Å². The van der Waals surface area contributed by atoms with Crippen molar-refractivity contribution in [2.24, 2.45) is 0 Å². The normalized spacial score (nSPS) is 11.6. The number of nitro benzene ring substituents is 1. The lowest BCUT2D eigenvalue weighted by molar-refractivity contribution is -0.385. The zero-order valence-corrected chi connectivity index (χ0v) is 15.9. The number of rotatable bonds is 9. The van der Waals surface area contributed by atoms with Crippen LogP contribution in [0.1, 0.15) is 24.2 Å². The first-order valence-corrected chi connectivity index (χ1v) is 8.56. The highest BCUT2D eigenvalue weighted by Crippen LogP contribution is 2.29. The lowest BCUT2D eigenvalue weighted by atomic mass is 10.2. The number of halogens is 1. The lowest BCUT2D eigenvalue weighted by Crippen LogP contribution is -2.24. The molecule has 138 valence electrons. The van der Waals surface area contributed by atoms with Crippen LogP contribution in [0.3, 0.4) is 0 Å². The van der Waals surface area contributed by atoms with E-state index in [0.29, 0.717) is 29.6 Å². The number of nitrogens with one attached hydrogen (secondary N) is 1. The molecule has 1 N–H and O–H groups in total. The molecule has 0 saturated carbocycles. The fourth-order valence-corrected chi connectivity index (χ4v) is 2.84. The van der Waals surface area contributed by atoms with Gasteiger partial charge >= 0.3 is 5.69 Å². The van der Waals surface area contributed by atoms with Gasteiger partial charge in [-0.25, -0.2) is 0 Å². The molecule has 2 aromatic rings. The molecule has 0 aliphatic carbocycles. The molecule has 1 heterocycles. The number of hydrogen-bond acceptors (Lipinski definition) is 8. The number of nitrogens with zero attached hydrogens (tertiary/aromatic N) is 3. The first kappa shape index (κ1) is 21.2. The van der Waals surface area contributed by atoms with E-state index in [1.807, 2.05) is 20.0 Å². The summed E-state index contributed by atoms with van der Waals surface area (Å²) in [6.07, 6.45) is 0.704. The van der Waals surface area contributed by atoms with Crippen LogP contribution in [0.15, 0.2) is 22.7 Å². The van der Waals surface area contributed by atoms with Gasteiger partial charge in [-0.15, -0.1) is 24.2 Å². The highest BCUT2D eigenvalue weighted by Gasteiger charge is 2.15. The van der Waals surface area contributed by atoms with Crippen LogP contribution in [-0.2, 0) is 17.9 Å². The number of benzene rings is 1. The molecule has 0 bridgehead atoms. The molecule has 8 nitrogen and oxygen atoms in total. The largest absolute Gasteiger partial charge is 0.490 e. The predicted octanol–water partition coefficient (Wildman–Crippen LogP) is 2.99. The van der Waals surface area contributed by atoms with Crippen LogP contribution in [0, 0.1) is 10.1 Å². The lowest BCUT2D eigenvalue weighted by Gasteiger charge is -2.05. The molecule has 25 heavy (non-hydrogen) atoms. The molecule has 0 fully saturated rings. The van der Waals surface area contributed by atoms with E-state index in [0.717, 1.165) is 5.56 Å². The Morgan fingerprint density at radius 1 is 1.44 bits per heavy atom. The smallest absolute Gasteiger partial charge is 0.311 e. The summed E-state index contributed by atoms with van der Waals surface area (Å²) in [5.74, 6) is 2.65. The number of aromatic nitrogens is 2. The molecule has 1 atom stereocenters. The molecule has 10 heteroatoms. The number of thioether (sulfide) groups is 1. The molecule has 1 aromatic heterocycles. The minimum absolute atomic E-state index is 0. The maximum absolute atomic E-state index is 11.0. The number of nitro groups is 1. The molecule has 0 spiro atoms. The summed E-state index contributed by atoms with van der Waals surface area (Å²) in [6, 6.07) is 5.23. The standard InChI is InChI=1S/C15H20N4O4S.ClH/c1-10(16-2)6-14-17-15(23-18-14)9-24-8-11-4-5-13(22-3)12(7-11)19(20)21;/h4-5,7,10,16H,6,8-9H2,1-3H3;1H. The van der Waals surface area contributed by atoms with Crippen molar-refractivity contribution in [2.45, 2.75) is 30.9 Å². The van der Waals surface area contributed by atoms with Crippen LogP contribution in [-0.4, -0.2) is 35.3 Å². The zero-order chi connectivity index (χ0) is 17.5. The topological polar surface area (TPSA) is 103 Å². The van der Waals surface area contributed by atoms with Gasteiger partial charge in [0.2, 0.25) is 5.89 Å². The van der Waals surface area contributed by atoms with E-state index in [4.69, 9.17) is 9.26 Å². The summed E-state index contributed by atoms with van der Waals surface area (Å²) < 4.78 is 10.2. The molecule has 0 aliphatic rings. The third-order valence-electron chi connectivity index (χ3n) is 3.43.